The first kappa shape index (κ1) is 25.3. The van der Waals surface area contributed by atoms with Crippen LogP contribution in [0.2, 0.25) is 0 Å². The molecule has 1 aromatic carbocycles. The monoisotopic (exact) mass is 465 g/mol. The summed E-state index contributed by atoms with van der Waals surface area (Å²) < 4.78 is 5.60. The van der Waals surface area contributed by atoms with Crippen LogP contribution >= 0.6 is 0 Å². The number of rotatable bonds is 12. The first-order chi connectivity index (χ1) is 16.6. The van der Waals surface area contributed by atoms with Crippen molar-refractivity contribution in [2.45, 2.75) is 70.4 Å². The van der Waals surface area contributed by atoms with Crippen molar-refractivity contribution in [3.8, 4) is 11.8 Å². The Hall–Kier alpha value is -3.34. The van der Waals surface area contributed by atoms with Crippen LogP contribution in [0.15, 0.2) is 23.3 Å². The van der Waals surface area contributed by atoms with Crippen LogP contribution in [0.3, 0.4) is 0 Å². The number of nitrogens with one attached hydrogen (secondary N) is 1. The quantitative estimate of drug-likeness (QED) is 0.126. The lowest BCUT2D eigenvalue weighted by Gasteiger charge is -2.29. The highest BCUT2D eigenvalue weighted by atomic mass is 16.5. The number of hydrogen-bond donors (Lipinski definition) is 1. The van der Waals surface area contributed by atoms with Crippen LogP contribution in [0, 0.1) is 11.8 Å². The Bertz CT molecular complexity index is 1010. The van der Waals surface area contributed by atoms with Gasteiger partial charge in [0.1, 0.15) is 12.6 Å². The first-order valence-corrected chi connectivity index (χ1v) is 11.9. The molecule has 2 heterocycles. The van der Waals surface area contributed by atoms with Gasteiger partial charge in [0.15, 0.2) is 0 Å². The van der Waals surface area contributed by atoms with Gasteiger partial charge in [0.2, 0.25) is 11.8 Å². The Morgan fingerprint density at radius 1 is 1.12 bits per heavy atom. The molecule has 2 aliphatic heterocycles. The van der Waals surface area contributed by atoms with Crippen LogP contribution in [-0.4, -0.2) is 48.4 Å². The molecule has 1 unspecified atom stereocenters. The number of azide groups is 1. The number of amides is 3. The van der Waals surface area contributed by atoms with E-state index in [-0.39, 0.29) is 18.2 Å². The number of piperidine rings is 1. The fraction of sp³-hybridized carbons (Fsp3) is 0.560. The van der Waals surface area contributed by atoms with E-state index < -0.39 is 11.9 Å². The van der Waals surface area contributed by atoms with E-state index in [0.29, 0.717) is 38.3 Å². The van der Waals surface area contributed by atoms with Crippen molar-refractivity contribution in [2.75, 3.05) is 19.8 Å². The van der Waals surface area contributed by atoms with Crippen molar-refractivity contribution in [3.05, 3.63) is 45.3 Å². The minimum Gasteiger partial charge on any atom is -0.369 e. The number of ether oxygens (including phenoxy) is 1. The second kappa shape index (κ2) is 13.4. The van der Waals surface area contributed by atoms with Gasteiger partial charge in [-0.15, -0.1) is 0 Å². The van der Waals surface area contributed by atoms with Crippen LogP contribution in [0.1, 0.15) is 79.3 Å². The summed E-state index contributed by atoms with van der Waals surface area (Å²) in [4.78, 5) is 40.5. The van der Waals surface area contributed by atoms with E-state index in [9.17, 15) is 14.4 Å². The number of fused-ring (bicyclic) bond motifs is 1. The topological polar surface area (TPSA) is 124 Å². The second-order valence-electron chi connectivity index (χ2n) is 8.56. The molecule has 9 nitrogen and oxygen atoms in total. The number of carbonyl (C=O) groups is 3. The Morgan fingerprint density at radius 3 is 2.65 bits per heavy atom. The highest BCUT2D eigenvalue weighted by Crippen LogP contribution is 2.28. The molecule has 34 heavy (non-hydrogen) atoms. The van der Waals surface area contributed by atoms with Gasteiger partial charge < -0.3 is 9.64 Å². The van der Waals surface area contributed by atoms with E-state index >= 15 is 0 Å². The molecule has 3 amide bonds. The standard InChI is InChI=1S/C25H31N5O4/c26-29-27-14-6-4-2-1-3-5-7-15-34-16-8-9-19-10-11-21-20(17-19)18-30(25(21)33)22-12-13-23(31)28-24(22)32/h10-11,17,22H,1-7,12-16,18H2,(H,28,31,32). The molecule has 0 saturated carbocycles. The minimum absolute atomic E-state index is 0.180. The van der Waals surface area contributed by atoms with E-state index in [1.807, 2.05) is 12.1 Å². The van der Waals surface area contributed by atoms with Gasteiger partial charge in [0, 0.05) is 42.2 Å². The summed E-state index contributed by atoms with van der Waals surface area (Å²) in [6.07, 6.45) is 8.36. The average Bonchev–Trinajstić information content (AvgIpc) is 3.14. The van der Waals surface area contributed by atoms with Gasteiger partial charge in [-0.1, -0.05) is 49.1 Å². The van der Waals surface area contributed by atoms with E-state index in [4.69, 9.17) is 10.3 Å². The molecule has 1 aromatic rings. The predicted molar refractivity (Wildman–Crippen MR) is 127 cm³/mol. The second-order valence-corrected chi connectivity index (χ2v) is 8.56. The molecule has 9 heteroatoms. The third kappa shape index (κ3) is 7.34. The van der Waals surface area contributed by atoms with Crippen molar-refractivity contribution >= 4 is 17.7 Å². The number of benzene rings is 1. The smallest absolute Gasteiger partial charge is 0.255 e. The molecule has 0 spiro atoms. The van der Waals surface area contributed by atoms with E-state index in [0.717, 1.165) is 36.8 Å². The molecule has 0 radical (unpaired) electrons. The molecule has 3 rings (SSSR count). The maximum Gasteiger partial charge on any atom is 0.255 e. The lowest BCUT2D eigenvalue weighted by Crippen LogP contribution is -2.52. The molecule has 1 fully saturated rings. The summed E-state index contributed by atoms with van der Waals surface area (Å²) in [5.41, 5.74) is 10.5. The molecule has 2 aliphatic rings. The number of hydrogen-bond acceptors (Lipinski definition) is 5. The van der Waals surface area contributed by atoms with Crippen LogP contribution < -0.4 is 5.32 Å². The van der Waals surface area contributed by atoms with E-state index in [1.54, 1.807) is 6.07 Å². The highest BCUT2D eigenvalue weighted by molar-refractivity contribution is 6.05. The van der Waals surface area contributed by atoms with Crippen LogP contribution in [0.5, 0.6) is 0 Å². The third-order valence-electron chi connectivity index (χ3n) is 6.04. The molecular weight excluding hydrogens is 434 g/mol. The number of unbranched alkanes of at least 4 members (excludes halogenated alkanes) is 6. The maximum atomic E-state index is 12.7. The lowest BCUT2D eigenvalue weighted by atomic mass is 10.0. The summed E-state index contributed by atoms with van der Waals surface area (Å²) >= 11 is 0. The van der Waals surface area contributed by atoms with Crippen molar-refractivity contribution in [2.24, 2.45) is 5.11 Å². The summed E-state index contributed by atoms with van der Waals surface area (Å²) in [6, 6.07) is 4.85. The van der Waals surface area contributed by atoms with Gasteiger partial charge in [0.05, 0.1) is 0 Å². The molecule has 0 aromatic heterocycles. The van der Waals surface area contributed by atoms with Crippen molar-refractivity contribution < 1.29 is 19.1 Å². The summed E-state index contributed by atoms with van der Waals surface area (Å²) in [6.45, 7) is 1.99. The molecule has 180 valence electrons. The fourth-order valence-electron chi connectivity index (χ4n) is 4.23. The lowest BCUT2D eigenvalue weighted by molar-refractivity contribution is -0.136. The maximum absolute atomic E-state index is 12.7. The average molecular weight is 466 g/mol. The largest absolute Gasteiger partial charge is 0.369 e. The fourth-order valence-corrected chi connectivity index (χ4v) is 4.23. The van der Waals surface area contributed by atoms with Crippen LogP contribution in [0.4, 0.5) is 0 Å². The summed E-state index contributed by atoms with van der Waals surface area (Å²) in [7, 11) is 0. The van der Waals surface area contributed by atoms with E-state index in [2.05, 4.69) is 27.2 Å². The zero-order valence-electron chi connectivity index (χ0n) is 19.4. The van der Waals surface area contributed by atoms with Crippen molar-refractivity contribution in [1.29, 1.82) is 0 Å². The Labute approximate surface area is 199 Å². The van der Waals surface area contributed by atoms with Gasteiger partial charge >= 0.3 is 0 Å². The SMILES string of the molecule is [N-]=[N+]=NCCCCCCCCCOCC#Cc1ccc2c(c1)CN(C1CCC(=O)NC1=O)C2=O. The third-order valence-corrected chi connectivity index (χ3v) is 6.04. The summed E-state index contributed by atoms with van der Waals surface area (Å²) in [5.74, 6) is 5.22. The van der Waals surface area contributed by atoms with Gasteiger partial charge in [0.25, 0.3) is 5.91 Å². The first-order valence-electron chi connectivity index (χ1n) is 11.9. The summed E-state index contributed by atoms with van der Waals surface area (Å²) in [5, 5.41) is 5.85. The van der Waals surface area contributed by atoms with Gasteiger partial charge in [-0.2, -0.15) is 0 Å². The molecule has 1 N–H and O–H groups in total. The zero-order valence-corrected chi connectivity index (χ0v) is 19.4. The number of nitrogens with zero attached hydrogens (tertiary/aromatic N) is 4. The zero-order chi connectivity index (χ0) is 24.2. The molecule has 1 saturated heterocycles. The van der Waals surface area contributed by atoms with Gasteiger partial charge in [-0.3, -0.25) is 19.7 Å². The molecular formula is C25H31N5O4. The molecule has 0 bridgehead atoms. The minimum atomic E-state index is -0.607. The van der Waals surface area contributed by atoms with Gasteiger partial charge in [-0.05, 0) is 48.6 Å². The molecule has 1 atom stereocenters. The van der Waals surface area contributed by atoms with Crippen LogP contribution in [-0.2, 0) is 20.9 Å². The van der Waals surface area contributed by atoms with Gasteiger partial charge in [-0.25, -0.2) is 0 Å². The molecule has 0 aliphatic carbocycles. The van der Waals surface area contributed by atoms with Crippen molar-refractivity contribution in [3.63, 3.8) is 0 Å². The highest BCUT2D eigenvalue weighted by Gasteiger charge is 2.38. The Balaban J connectivity index is 1.33. The normalized spacial score (nSPS) is 17.0. The van der Waals surface area contributed by atoms with E-state index in [1.165, 1.54) is 24.2 Å². The van der Waals surface area contributed by atoms with Crippen molar-refractivity contribution in [1.82, 2.24) is 10.2 Å². The number of carbonyl (C=O) groups excluding carboxylic acids is 3. The van der Waals surface area contributed by atoms with Crippen LogP contribution in [0.25, 0.3) is 10.4 Å². The Morgan fingerprint density at radius 2 is 1.88 bits per heavy atom. The Kier molecular flexibility index (Phi) is 9.96. The number of imide groups is 1. The predicted octanol–water partition coefficient (Wildman–Crippen LogP) is 3.86.